The van der Waals surface area contributed by atoms with Crippen LogP contribution in [0.2, 0.25) is 0 Å². The molecule has 2 rings (SSSR count). The second-order valence-electron chi connectivity index (χ2n) is 8.35. The van der Waals surface area contributed by atoms with Crippen molar-refractivity contribution >= 4 is 11.6 Å². The highest BCUT2D eigenvalue weighted by atomic mass is 19.1. The fourth-order valence-electron chi connectivity index (χ4n) is 3.95. The smallest absolute Gasteiger partial charge is 0.140 e. The Morgan fingerprint density at radius 3 is 2.07 bits per heavy atom. The second kappa shape index (κ2) is 8.59. The molecule has 0 amide bonds. The average Bonchev–Trinajstić information content (AvgIpc) is 2.59. The van der Waals surface area contributed by atoms with Crippen molar-refractivity contribution in [2.75, 3.05) is 13.1 Å². The number of benzene rings is 1. The number of carbonyl (C=O) groups is 2. The Hall–Kier alpha value is -1.62. The maximum absolute atomic E-state index is 14.9. The molecule has 0 spiro atoms. The molecule has 0 radical (unpaired) electrons. The number of nitrogens with zero attached hydrogens (tertiary/aromatic N) is 1. The Labute approximate surface area is 161 Å². The monoisotopic (exact) mass is 379 g/mol. The van der Waals surface area contributed by atoms with E-state index in [2.05, 4.69) is 18.7 Å². The number of rotatable bonds is 7. The molecule has 1 saturated heterocycles. The van der Waals surface area contributed by atoms with Crippen LogP contribution < -0.4 is 0 Å². The van der Waals surface area contributed by atoms with Gasteiger partial charge in [0.25, 0.3) is 0 Å². The minimum Gasteiger partial charge on any atom is -0.301 e. The topological polar surface area (TPSA) is 37.4 Å². The predicted molar refractivity (Wildman–Crippen MR) is 103 cm³/mol. The third-order valence-electron chi connectivity index (χ3n) is 6.14. The zero-order valence-corrected chi connectivity index (χ0v) is 17.1. The number of halogens is 2. The second-order valence-corrected chi connectivity index (χ2v) is 8.35. The van der Waals surface area contributed by atoms with Gasteiger partial charge in [-0.15, -0.1) is 0 Å². The van der Waals surface area contributed by atoms with Crippen LogP contribution in [0.25, 0.3) is 0 Å². The molecule has 0 N–H and O–H groups in total. The molecule has 3 nitrogen and oxygen atoms in total. The van der Waals surface area contributed by atoms with Crippen LogP contribution >= 0.6 is 0 Å². The number of carbonyl (C=O) groups excluding carboxylic acids is 2. The molecule has 5 heteroatoms. The summed E-state index contributed by atoms with van der Waals surface area (Å²) in [5, 5.41) is 0. The first-order valence-electron chi connectivity index (χ1n) is 9.80. The normalized spacial score (nSPS) is 18.5. The van der Waals surface area contributed by atoms with Crippen LogP contribution in [-0.4, -0.2) is 35.6 Å². The minimum atomic E-state index is -1.06. The lowest BCUT2D eigenvalue weighted by Gasteiger charge is -2.35. The summed E-state index contributed by atoms with van der Waals surface area (Å²) >= 11 is 0. The third-order valence-corrected chi connectivity index (χ3v) is 6.14. The standard InChI is InChI=1S/C22H31F2NO2/c1-14(2)25-10-7-17(8-11-25)21-19(23)12-18(13-20(21)24)22(5,16(4)27)9-6-15(3)26/h12-14,17H,6-11H2,1-5H3/t22-/m0/s1. The molecule has 1 aromatic carbocycles. The molecule has 0 saturated carbocycles. The molecule has 1 heterocycles. The molecule has 1 atom stereocenters. The van der Waals surface area contributed by atoms with E-state index in [9.17, 15) is 18.4 Å². The van der Waals surface area contributed by atoms with Gasteiger partial charge in [-0.2, -0.15) is 0 Å². The molecule has 27 heavy (non-hydrogen) atoms. The first-order chi connectivity index (χ1) is 12.6. The Morgan fingerprint density at radius 2 is 1.67 bits per heavy atom. The summed E-state index contributed by atoms with van der Waals surface area (Å²) in [6.07, 6.45) is 1.90. The van der Waals surface area contributed by atoms with E-state index in [0.29, 0.717) is 11.6 Å². The Kier molecular flexibility index (Phi) is 6.90. The molecular weight excluding hydrogens is 348 g/mol. The van der Waals surface area contributed by atoms with Crippen molar-refractivity contribution in [3.63, 3.8) is 0 Å². The van der Waals surface area contributed by atoms with Gasteiger partial charge in [0, 0.05) is 18.0 Å². The quantitative estimate of drug-likeness (QED) is 0.685. The van der Waals surface area contributed by atoms with Crippen LogP contribution in [0.3, 0.4) is 0 Å². The van der Waals surface area contributed by atoms with Gasteiger partial charge in [0.1, 0.15) is 23.2 Å². The van der Waals surface area contributed by atoms with Crippen molar-refractivity contribution in [1.82, 2.24) is 4.90 Å². The lowest BCUT2D eigenvalue weighted by atomic mass is 9.74. The van der Waals surface area contributed by atoms with Crippen LogP contribution in [0.4, 0.5) is 8.78 Å². The number of piperidine rings is 1. The Balaban J connectivity index is 2.30. The van der Waals surface area contributed by atoms with Crippen LogP contribution in [0.5, 0.6) is 0 Å². The summed E-state index contributed by atoms with van der Waals surface area (Å²) in [5.41, 5.74) is -0.610. The maximum Gasteiger partial charge on any atom is 0.140 e. The van der Waals surface area contributed by atoms with Gasteiger partial charge in [0.15, 0.2) is 0 Å². The van der Waals surface area contributed by atoms with E-state index in [1.54, 1.807) is 6.92 Å². The van der Waals surface area contributed by atoms with Crippen LogP contribution in [0.15, 0.2) is 12.1 Å². The van der Waals surface area contributed by atoms with Crippen molar-refractivity contribution in [3.8, 4) is 0 Å². The number of ketones is 2. The molecule has 1 aromatic rings. The number of Topliss-reactive ketones (excluding diaryl/α,β-unsaturated/α-hetero) is 2. The molecule has 0 aliphatic carbocycles. The first-order valence-corrected chi connectivity index (χ1v) is 9.80. The highest BCUT2D eigenvalue weighted by Gasteiger charge is 2.35. The summed E-state index contributed by atoms with van der Waals surface area (Å²) in [5.74, 6) is -1.54. The van der Waals surface area contributed by atoms with Gasteiger partial charge in [0.05, 0.1) is 5.41 Å². The van der Waals surface area contributed by atoms with Gasteiger partial charge in [-0.3, -0.25) is 4.79 Å². The van der Waals surface area contributed by atoms with Gasteiger partial charge in [0.2, 0.25) is 0 Å². The molecule has 150 valence electrons. The summed E-state index contributed by atoms with van der Waals surface area (Å²) in [6.45, 7) is 10.4. The SMILES string of the molecule is CC(=O)CC[C@@](C)(C(C)=O)c1cc(F)c(C2CCN(C(C)C)CC2)c(F)c1. The number of likely N-dealkylation sites (tertiary alicyclic amines) is 1. The first kappa shape index (κ1) is 21.7. The third kappa shape index (κ3) is 4.81. The lowest BCUT2D eigenvalue weighted by Crippen LogP contribution is -2.38. The van der Waals surface area contributed by atoms with E-state index >= 15 is 0 Å². The van der Waals surface area contributed by atoms with Gasteiger partial charge >= 0.3 is 0 Å². The average molecular weight is 379 g/mol. The van der Waals surface area contributed by atoms with E-state index in [1.165, 1.54) is 26.0 Å². The maximum atomic E-state index is 14.9. The highest BCUT2D eigenvalue weighted by molar-refractivity contribution is 5.88. The fourth-order valence-corrected chi connectivity index (χ4v) is 3.95. The van der Waals surface area contributed by atoms with E-state index in [4.69, 9.17) is 0 Å². The molecule has 0 unspecified atom stereocenters. The molecule has 1 aliphatic heterocycles. The molecule has 1 fully saturated rings. The van der Waals surface area contributed by atoms with Crippen molar-refractivity contribution < 1.29 is 18.4 Å². The summed E-state index contributed by atoms with van der Waals surface area (Å²) in [6, 6.07) is 3.03. The molecule has 1 aliphatic rings. The van der Waals surface area contributed by atoms with Gasteiger partial charge in [-0.1, -0.05) is 0 Å². The molecular formula is C22H31F2NO2. The van der Waals surface area contributed by atoms with Crippen LogP contribution in [0.1, 0.15) is 77.3 Å². The van der Waals surface area contributed by atoms with Crippen molar-refractivity contribution in [3.05, 3.63) is 34.9 Å². The summed E-state index contributed by atoms with van der Waals surface area (Å²) in [7, 11) is 0. The van der Waals surface area contributed by atoms with Crippen molar-refractivity contribution in [2.24, 2.45) is 0 Å². The van der Waals surface area contributed by atoms with Gasteiger partial charge in [-0.25, -0.2) is 8.78 Å². The predicted octanol–water partition coefficient (Wildman–Crippen LogP) is 4.77. The number of hydrogen-bond donors (Lipinski definition) is 0. The highest BCUT2D eigenvalue weighted by Crippen LogP contribution is 2.37. The van der Waals surface area contributed by atoms with Crippen molar-refractivity contribution in [2.45, 2.75) is 77.7 Å². The van der Waals surface area contributed by atoms with E-state index < -0.39 is 17.0 Å². The van der Waals surface area contributed by atoms with Crippen molar-refractivity contribution in [1.29, 1.82) is 0 Å². The minimum absolute atomic E-state index is 0.0445. The largest absolute Gasteiger partial charge is 0.301 e. The lowest BCUT2D eigenvalue weighted by molar-refractivity contribution is -0.122. The fraction of sp³-hybridized carbons (Fsp3) is 0.636. The molecule has 0 bridgehead atoms. The van der Waals surface area contributed by atoms with Gasteiger partial charge < -0.3 is 9.69 Å². The van der Waals surface area contributed by atoms with Gasteiger partial charge in [-0.05, 0) is 90.6 Å². The van der Waals surface area contributed by atoms with E-state index in [1.807, 2.05) is 0 Å². The van der Waals surface area contributed by atoms with E-state index in [-0.39, 0.29) is 35.9 Å². The zero-order chi connectivity index (χ0) is 20.4. The van der Waals surface area contributed by atoms with E-state index in [0.717, 1.165) is 25.9 Å². The zero-order valence-electron chi connectivity index (χ0n) is 17.1. The Bertz CT molecular complexity index is 685. The van der Waals surface area contributed by atoms with Crippen LogP contribution in [-0.2, 0) is 15.0 Å². The summed E-state index contributed by atoms with van der Waals surface area (Å²) in [4.78, 5) is 25.9. The number of hydrogen-bond acceptors (Lipinski definition) is 3. The molecule has 0 aromatic heterocycles. The van der Waals surface area contributed by atoms with Crippen LogP contribution in [0, 0.1) is 11.6 Å². The summed E-state index contributed by atoms with van der Waals surface area (Å²) < 4.78 is 29.8. The Morgan fingerprint density at radius 1 is 1.15 bits per heavy atom.